The lowest BCUT2D eigenvalue weighted by molar-refractivity contribution is -0.136. The van der Waals surface area contributed by atoms with Gasteiger partial charge in [0.15, 0.2) is 0 Å². The van der Waals surface area contributed by atoms with Crippen molar-refractivity contribution < 1.29 is 23.9 Å². The summed E-state index contributed by atoms with van der Waals surface area (Å²) in [6.45, 7) is 9.40. The van der Waals surface area contributed by atoms with Crippen LogP contribution in [-0.2, 0) is 20.9 Å². The minimum atomic E-state index is -0.581. The summed E-state index contributed by atoms with van der Waals surface area (Å²) in [7, 11) is 0. The molecule has 0 aliphatic carbocycles. The second kappa shape index (κ2) is 8.93. The molecule has 4 aliphatic heterocycles. The average molecular weight is 483 g/mol. The van der Waals surface area contributed by atoms with Gasteiger partial charge in [-0.2, -0.15) is 0 Å². The molecular formula is C26H34N4O5. The van der Waals surface area contributed by atoms with Gasteiger partial charge in [-0.1, -0.05) is 12.1 Å². The molecule has 0 saturated carbocycles. The van der Waals surface area contributed by atoms with E-state index in [1.54, 1.807) is 9.80 Å². The molecule has 0 radical (unpaired) electrons. The quantitative estimate of drug-likeness (QED) is 0.664. The van der Waals surface area contributed by atoms with Crippen LogP contribution < -0.4 is 5.32 Å². The van der Waals surface area contributed by atoms with Crippen LogP contribution in [0.15, 0.2) is 18.2 Å². The van der Waals surface area contributed by atoms with Crippen LogP contribution in [0.4, 0.5) is 4.79 Å². The minimum absolute atomic E-state index is 0.120. The van der Waals surface area contributed by atoms with Crippen LogP contribution in [0.5, 0.6) is 0 Å². The fourth-order valence-electron chi connectivity index (χ4n) is 5.59. The first-order chi connectivity index (χ1) is 16.6. The van der Waals surface area contributed by atoms with Gasteiger partial charge >= 0.3 is 6.09 Å². The predicted octanol–water partition coefficient (Wildman–Crippen LogP) is 2.25. The largest absolute Gasteiger partial charge is 0.444 e. The molecule has 5 rings (SSSR count). The highest BCUT2D eigenvalue weighted by Gasteiger charge is 2.40. The number of hydrogen-bond acceptors (Lipinski definition) is 6. The van der Waals surface area contributed by atoms with Gasteiger partial charge in [-0.15, -0.1) is 0 Å². The van der Waals surface area contributed by atoms with Gasteiger partial charge in [-0.25, -0.2) is 4.79 Å². The Labute approximate surface area is 205 Å². The predicted molar refractivity (Wildman–Crippen MR) is 128 cm³/mol. The van der Waals surface area contributed by atoms with Gasteiger partial charge in [0.25, 0.3) is 5.91 Å². The summed E-state index contributed by atoms with van der Waals surface area (Å²) in [4.78, 5) is 54.9. The summed E-state index contributed by atoms with van der Waals surface area (Å²) in [6.07, 6.45) is 2.41. The molecule has 9 nitrogen and oxygen atoms in total. The van der Waals surface area contributed by atoms with E-state index in [1.807, 2.05) is 32.9 Å². The number of hydrogen-bond donors (Lipinski definition) is 1. The van der Waals surface area contributed by atoms with E-state index in [1.165, 1.54) is 5.56 Å². The Balaban J connectivity index is 1.15. The molecule has 0 spiro atoms. The molecule has 3 fully saturated rings. The summed E-state index contributed by atoms with van der Waals surface area (Å²) in [5.74, 6) is -0.388. The molecule has 1 aromatic rings. The zero-order chi connectivity index (χ0) is 24.9. The van der Waals surface area contributed by atoms with E-state index < -0.39 is 11.6 Å². The van der Waals surface area contributed by atoms with Crippen molar-refractivity contribution in [3.05, 3.63) is 34.9 Å². The number of nitrogens with zero attached hydrogens (tertiary/aromatic N) is 3. The van der Waals surface area contributed by atoms with Crippen LogP contribution in [0, 0.1) is 0 Å². The zero-order valence-electron chi connectivity index (χ0n) is 20.7. The Bertz CT molecular complexity index is 1050. The van der Waals surface area contributed by atoms with Crippen molar-refractivity contribution in [2.24, 2.45) is 0 Å². The van der Waals surface area contributed by atoms with E-state index in [4.69, 9.17) is 4.74 Å². The lowest BCUT2D eigenvalue weighted by atomic mass is 9.87. The molecule has 1 unspecified atom stereocenters. The van der Waals surface area contributed by atoms with Crippen LogP contribution in [0.1, 0.15) is 73.9 Å². The maximum atomic E-state index is 13.1. The number of amides is 4. The maximum absolute atomic E-state index is 13.1. The molecule has 1 atom stereocenters. The van der Waals surface area contributed by atoms with Crippen molar-refractivity contribution >= 4 is 23.8 Å². The number of ether oxygens (including phenoxy) is 1. The normalized spacial score (nSPS) is 24.3. The Morgan fingerprint density at radius 3 is 2.43 bits per heavy atom. The van der Waals surface area contributed by atoms with Crippen LogP contribution >= 0.6 is 0 Å². The highest BCUT2D eigenvalue weighted by molar-refractivity contribution is 6.05. The van der Waals surface area contributed by atoms with Gasteiger partial charge < -0.3 is 14.5 Å². The second-order valence-corrected chi connectivity index (χ2v) is 11.2. The van der Waals surface area contributed by atoms with Gasteiger partial charge in [0.1, 0.15) is 11.6 Å². The number of carbonyl (C=O) groups is 4. The third-order valence-electron chi connectivity index (χ3n) is 7.58. The van der Waals surface area contributed by atoms with Gasteiger partial charge in [-0.05, 0) is 76.2 Å². The monoisotopic (exact) mass is 482 g/mol. The summed E-state index contributed by atoms with van der Waals surface area (Å²) in [5, 5.41) is 2.35. The van der Waals surface area contributed by atoms with Crippen molar-refractivity contribution in [3.63, 3.8) is 0 Å². The third-order valence-corrected chi connectivity index (χ3v) is 7.58. The van der Waals surface area contributed by atoms with Gasteiger partial charge in [0.2, 0.25) is 11.8 Å². The molecule has 0 bridgehead atoms. The number of fused-ring (bicyclic) bond motifs is 1. The van der Waals surface area contributed by atoms with Crippen LogP contribution in [0.2, 0.25) is 0 Å². The fourth-order valence-corrected chi connectivity index (χ4v) is 5.59. The van der Waals surface area contributed by atoms with E-state index in [0.717, 1.165) is 31.5 Å². The summed E-state index contributed by atoms with van der Waals surface area (Å²) in [6, 6.07) is 5.95. The number of piperidine rings is 2. The second-order valence-electron chi connectivity index (χ2n) is 11.2. The van der Waals surface area contributed by atoms with Crippen molar-refractivity contribution in [2.45, 2.75) is 76.6 Å². The first-order valence-electron chi connectivity index (χ1n) is 12.6. The van der Waals surface area contributed by atoms with Crippen molar-refractivity contribution in [3.8, 4) is 0 Å². The van der Waals surface area contributed by atoms with Crippen LogP contribution in [0.25, 0.3) is 0 Å². The van der Waals surface area contributed by atoms with E-state index in [2.05, 4.69) is 16.3 Å². The topological polar surface area (TPSA) is 99.3 Å². The van der Waals surface area contributed by atoms with E-state index in [0.29, 0.717) is 43.6 Å². The van der Waals surface area contributed by atoms with E-state index in [-0.39, 0.29) is 30.2 Å². The number of benzene rings is 1. The van der Waals surface area contributed by atoms with E-state index >= 15 is 0 Å². The lowest BCUT2D eigenvalue weighted by Gasteiger charge is -2.47. The number of likely N-dealkylation sites (tertiary alicyclic amines) is 2. The highest BCUT2D eigenvalue weighted by atomic mass is 16.6. The number of nitrogens with one attached hydrogen (secondary N) is 1. The van der Waals surface area contributed by atoms with Gasteiger partial charge in [0, 0.05) is 37.7 Å². The summed E-state index contributed by atoms with van der Waals surface area (Å²) in [5.41, 5.74) is 2.32. The third kappa shape index (κ3) is 4.78. The molecule has 1 N–H and O–H groups in total. The van der Waals surface area contributed by atoms with Crippen molar-refractivity contribution in [1.29, 1.82) is 0 Å². The number of rotatable bonds is 3. The Kier molecular flexibility index (Phi) is 6.07. The zero-order valence-corrected chi connectivity index (χ0v) is 20.7. The van der Waals surface area contributed by atoms with Crippen LogP contribution in [0.3, 0.4) is 0 Å². The van der Waals surface area contributed by atoms with Crippen molar-refractivity contribution in [1.82, 2.24) is 20.0 Å². The fraction of sp³-hybridized carbons (Fsp3) is 0.615. The summed E-state index contributed by atoms with van der Waals surface area (Å²) < 4.78 is 5.45. The molecule has 3 saturated heterocycles. The molecule has 4 amide bonds. The lowest BCUT2D eigenvalue weighted by Crippen LogP contribution is -2.62. The van der Waals surface area contributed by atoms with E-state index in [9.17, 15) is 19.2 Å². The number of imide groups is 1. The standard InChI is InChI=1S/C26H34N4O5/c1-26(2,3)35-25(34)29-14-19(15-29)28-10-8-16(9-11-28)17-4-5-18-13-30(24(33)20(18)12-17)21-6-7-22(31)27-23(21)32/h4-5,12,16,19,21H,6-11,13-15H2,1-3H3,(H,27,31,32). The first-order valence-corrected chi connectivity index (χ1v) is 12.6. The molecular weight excluding hydrogens is 448 g/mol. The minimum Gasteiger partial charge on any atom is -0.444 e. The highest BCUT2D eigenvalue weighted by Crippen LogP contribution is 2.34. The smallest absolute Gasteiger partial charge is 0.410 e. The Morgan fingerprint density at radius 1 is 1.06 bits per heavy atom. The van der Waals surface area contributed by atoms with Crippen molar-refractivity contribution in [2.75, 3.05) is 26.2 Å². The molecule has 9 heteroatoms. The SMILES string of the molecule is CC(C)(C)OC(=O)N1CC(N2CCC(c3ccc4c(c3)C(=O)N(C3CCC(=O)NC3=O)C4)CC2)C1. The molecule has 1 aromatic carbocycles. The molecule has 4 heterocycles. The maximum Gasteiger partial charge on any atom is 0.410 e. The molecule has 188 valence electrons. The average Bonchev–Trinajstić information content (AvgIpc) is 3.08. The van der Waals surface area contributed by atoms with Gasteiger partial charge in [-0.3, -0.25) is 24.6 Å². The Hall–Kier alpha value is -2.94. The van der Waals surface area contributed by atoms with Crippen LogP contribution in [-0.4, -0.2) is 82.4 Å². The number of carbonyl (C=O) groups excluding carboxylic acids is 4. The summed E-state index contributed by atoms with van der Waals surface area (Å²) >= 11 is 0. The molecule has 0 aromatic heterocycles. The first kappa shape index (κ1) is 23.8. The molecule has 35 heavy (non-hydrogen) atoms. The Morgan fingerprint density at radius 2 is 1.77 bits per heavy atom. The molecule has 4 aliphatic rings. The van der Waals surface area contributed by atoms with Gasteiger partial charge in [0.05, 0.1) is 0 Å².